The van der Waals surface area contributed by atoms with E-state index in [-0.39, 0.29) is 17.3 Å². The van der Waals surface area contributed by atoms with Crippen molar-refractivity contribution in [3.63, 3.8) is 0 Å². The summed E-state index contributed by atoms with van der Waals surface area (Å²) in [6, 6.07) is 3.91. The fourth-order valence-electron chi connectivity index (χ4n) is 3.26. The molecule has 21 heavy (non-hydrogen) atoms. The highest BCUT2D eigenvalue weighted by molar-refractivity contribution is 8.00. The van der Waals surface area contributed by atoms with E-state index < -0.39 is 13.1 Å². The molecule has 3 atom stereocenters. The molecule has 4 nitrogen and oxygen atoms in total. The maximum Gasteiger partial charge on any atom is 0.526 e. The Kier molecular flexibility index (Phi) is 3.01. The molecule has 2 N–H and O–H groups in total. The molecule has 2 saturated carbocycles. The van der Waals surface area contributed by atoms with Crippen molar-refractivity contribution in [3.05, 3.63) is 23.3 Å². The first-order valence-electron chi connectivity index (χ1n) is 7.48. The zero-order valence-corrected chi connectivity index (χ0v) is 12.6. The zero-order valence-electron chi connectivity index (χ0n) is 11.8. The van der Waals surface area contributed by atoms with E-state index in [9.17, 15) is 14.9 Å². The maximum absolute atomic E-state index is 11.7. The maximum atomic E-state index is 11.7. The number of benzene rings is 1. The molecule has 0 radical (unpaired) electrons. The molecule has 2 fully saturated rings. The monoisotopic (exact) mass is 304 g/mol. The molecule has 3 aliphatic rings. The molecule has 4 rings (SSSR count). The highest BCUT2D eigenvalue weighted by Crippen LogP contribution is 2.61. The highest BCUT2D eigenvalue weighted by atomic mass is 32.2. The number of aromatic carboxylic acids is 1. The van der Waals surface area contributed by atoms with E-state index in [0.717, 1.165) is 16.9 Å². The van der Waals surface area contributed by atoms with Gasteiger partial charge in [0.25, 0.3) is 0 Å². The van der Waals surface area contributed by atoms with Crippen molar-refractivity contribution in [1.29, 1.82) is 0 Å². The van der Waals surface area contributed by atoms with Crippen molar-refractivity contribution in [2.45, 2.75) is 48.1 Å². The van der Waals surface area contributed by atoms with Crippen LogP contribution in [0.4, 0.5) is 0 Å². The molecule has 0 bridgehead atoms. The molecule has 1 aliphatic heterocycles. The van der Waals surface area contributed by atoms with Crippen molar-refractivity contribution in [2.24, 2.45) is 5.92 Å². The summed E-state index contributed by atoms with van der Waals surface area (Å²) in [5.74, 6) is 0.530. The van der Waals surface area contributed by atoms with E-state index in [0.29, 0.717) is 16.9 Å². The first kappa shape index (κ1) is 13.5. The van der Waals surface area contributed by atoms with Gasteiger partial charge < -0.3 is 14.8 Å². The number of hydrogen-bond acceptors (Lipinski definition) is 4. The summed E-state index contributed by atoms with van der Waals surface area (Å²) in [4.78, 5) is 12.5. The Balaban J connectivity index is 1.74. The third-order valence-corrected chi connectivity index (χ3v) is 6.16. The number of hydrogen-bond donors (Lipinski definition) is 2. The van der Waals surface area contributed by atoms with Crippen LogP contribution in [0.25, 0.3) is 0 Å². The molecule has 0 unspecified atom stereocenters. The van der Waals surface area contributed by atoms with Crippen LogP contribution in [-0.4, -0.2) is 28.5 Å². The number of carbonyl (C=O) groups is 1. The first-order chi connectivity index (χ1) is 10.1. The summed E-state index contributed by atoms with van der Waals surface area (Å²) in [6.07, 6.45) is 3.36. The molecule has 1 aromatic carbocycles. The minimum Gasteiger partial charge on any atom is -0.535 e. The van der Waals surface area contributed by atoms with Crippen LogP contribution < -0.4 is 4.65 Å². The summed E-state index contributed by atoms with van der Waals surface area (Å²) in [6.45, 7) is 2.15. The molecule has 0 aromatic heterocycles. The second-order valence-electron chi connectivity index (χ2n) is 6.34. The van der Waals surface area contributed by atoms with Gasteiger partial charge in [0.15, 0.2) is 0 Å². The predicted octanol–water partition coefficient (Wildman–Crippen LogP) is 3.01. The van der Waals surface area contributed by atoms with Gasteiger partial charge in [-0.25, -0.2) is 4.79 Å². The molecule has 0 spiro atoms. The highest BCUT2D eigenvalue weighted by Gasteiger charge is 2.54. The number of fused-ring (bicyclic) bond motifs is 3. The largest absolute Gasteiger partial charge is 0.535 e. The van der Waals surface area contributed by atoms with Gasteiger partial charge >= 0.3 is 13.1 Å². The van der Waals surface area contributed by atoms with Crippen molar-refractivity contribution < 1.29 is 19.6 Å². The molecule has 6 heteroatoms. The van der Waals surface area contributed by atoms with Crippen molar-refractivity contribution in [2.75, 3.05) is 0 Å². The molecule has 1 aromatic rings. The summed E-state index contributed by atoms with van der Waals surface area (Å²) in [5, 5.41) is 19.9. The average Bonchev–Trinajstić information content (AvgIpc) is 3.29. The predicted molar refractivity (Wildman–Crippen MR) is 81.2 cm³/mol. The van der Waals surface area contributed by atoms with Gasteiger partial charge in [0, 0.05) is 16.0 Å². The summed E-state index contributed by atoms with van der Waals surface area (Å²) in [7, 11) is -0.860. The summed E-state index contributed by atoms with van der Waals surface area (Å²) < 4.78 is 5.54. The van der Waals surface area contributed by atoms with E-state index in [2.05, 4.69) is 6.92 Å². The van der Waals surface area contributed by atoms with Crippen molar-refractivity contribution >= 4 is 24.8 Å². The van der Waals surface area contributed by atoms with Gasteiger partial charge in [0.05, 0.1) is 0 Å². The lowest BCUT2D eigenvalue weighted by molar-refractivity contribution is 0.0690. The topological polar surface area (TPSA) is 66.8 Å². The Bertz CT molecular complexity index is 616. The van der Waals surface area contributed by atoms with E-state index in [1.165, 1.54) is 12.8 Å². The third-order valence-electron chi connectivity index (χ3n) is 4.81. The van der Waals surface area contributed by atoms with Gasteiger partial charge in [-0.2, -0.15) is 0 Å². The van der Waals surface area contributed by atoms with Crippen LogP contribution in [0.2, 0.25) is 5.82 Å². The number of carboxylic acid groups (broad SMARTS) is 1. The average molecular weight is 304 g/mol. The van der Waals surface area contributed by atoms with Crippen LogP contribution in [0.3, 0.4) is 0 Å². The first-order valence-corrected chi connectivity index (χ1v) is 8.35. The Morgan fingerprint density at radius 1 is 1.48 bits per heavy atom. The van der Waals surface area contributed by atoms with Gasteiger partial charge in [0.1, 0.15) is 11.3 Å². The van der Waals surface area contributed by atoms with E-state index >= 15 is 0 Å². The standard InChI is InChI=1S/C15H17BO4S/c1-7(8-2-3-8)21-12-5-4-9-10-6-11(10)16(19)20-14(9)13(12)15(17)18/h4-5,7-8,10-11,19H,2-3,6H2,1H3,(H,17,18)/t7-,10-,11-/m0/s1. The smallest absolute Gasteiger partial charge is 0.526 e. The minimum absolute atomic E-state index is 0.142. The van der Waals surface area contributed by atoms with Crippen LogP contribution in [0.5, 0.6) is 5.75 Å². The minimum atomic E-state index is -0.969. The fourth-order valence-corrected chi connectivity index (χ4v) is 4.57. The molecule has 1 heterocycles. The molecular weight excluding hydrogens is 287 g/mol. The van der Waals surface area contributed by atoms with Gasteiger partial charge in [-0.15, -0.1) is 11.8 Å². The van der Waals surface area contributed by atoms with Crippen molar-refractivity contribution in [3.8, 4) is 5.75 Å². The van der Waals surface area contributed by atoms with E-state index in [1.807, 2.05) is 12.1 Å². The van der Waals surface area contributed by atoms with Gasteiger partial charge in [-0.1, -0.05) is 13.0 Å². The quantitative estimate of drug-likeness (QED) is 0.661. The molecule has 2 aliphatic carbocycles. The summed E-state index contributed by atoms with van der Waals surface area (Å²) in [5.41, 5.74) is 1.18. The SMILES string of the molecule is C[C@H](Sc1ccc2c(c1C(=O)O)OB(O)[C@H]1C[C@@H]21)C1CC1. The summed E-state index contributed by atoms with van der Waals surface area (Å²) >= 11 is 1.62. The second kappa shape index (κ2) is 4.68. The lowest BCUT2D eigenvalue weighted by Gasteiger charge is -2.23. The van der Waals surface area contributed by atoms with Gasteiger partial charge in [-0.05, 0) is 42.7 Å². The number of carboxylic acids is 1. The molecule has 0 saturated heterocycles. The Hall–Kier alpha value is -1.14. The molecular formula is C15H17BO4S. The van der Waals surface area contributed by atoms with Gasteiger partial charge in [0.2, 0.25) is 0 Å². The van der Waals surface area contributed by atoms with Crippen LogP contribution in [0.1, 0.15) is 48.0 Å². The number of thioether (sulfide) groups is 1. The van der Waals surface area contributed by atoms with Crippen molar-refractivity contribution in [1.82, 2.24) is 0 Å². The van der Waals surface area contributed by atoms with E-state index in [4.69, 9.17) is 4.65 Å². The zero-order chi connectivity index (χ0) is 14.7. The van der Waals surface area contributed by atoms with Crippen LogP contribution in [0, 0.1) is 5.92 Å². The van der Waals surface area contributed by atoms with Crippen LogP contribution in [-0.2, 0) is 0 Å². The lowest BCUT2D eigenvalue weighted by Crippen LogP contribution is -2.27. The van der Waals surface area contributed by atoms with E-state index in [1.54, 1.807) is 11.8 Å². The second-order valence-corrected chi connectivity index (χ2v) is 7.76. The van der Waals surface area contributed by atoms with Crippen LogP contribution in [0.15, 0.2) is 17.0 Å². The Morgan fingerprint density at radius 2 is 2.24 bits per heavy atom. The fraction of sp³-hybridized carbons (Fsp3) is 0.533. The van der Waals surface area contributed by atoms with Gasteiger partial charge in [-0.3, -0.25) is 0 Å². The molecule has 110 valence electrons. The lowest BCUT2D eigenvalue weighted by atomic mass is 9.77. The Labute approximate surface area is 128 Å². The number of rotatable bonds is 4. The van der Waals surface area contributed by atoms with Crippen LogP contribution >= 0.6 is 11.8 Å². The third kappa shape index (κ3) is 2.25. The normalized spacial score (nSPS) is 27.4. The Morgan fingerprint density at radius 3 is 2.90 bits per heavy atom. The molecule has 0 amide bonds.